The minimum atomic E-state index is -1.19. The molecule has 0 bridgehead atoms. The fraction of sp³-hybridized carbons (Fsp3) is 0.292. The highest BCUT2D eigenvalue weighted by Gasteiger charge is 2.33. The number of benzene rings is 1. The molecule has 152 valence electrons. The molecule has 6 nitrogen and oxygen atoms in total. The summed E-state index contributed by atoms with van der Waals surface area (Å²) in [7, 11) is 0. The highest BCUT2D eigenvalue weighted by atomic mass is 16.5. The Morgan fingerprint density at radius 3 is 2.73 bits per heavy atom. The number of aromatic nitrogens is 2. The number of hydrogen-bond acceptors (Lipinski definition) is 4. The van der Waals surface area contributed by atoms with Crippen LogP contribution in [0.15, 0.2) is 47.7 Å². The van der Waals surface area contributed by atoms with Crippen molar-refractivity contribution in [3.05, 3.63) is 69.8 Å². The van der Waals surface area contributed by atoms with E-state index < -0.39 is 11.4 Å². The predicted octanol–water partition coefficient (Wildman–Crippen LogP) is 3.96. The molecular formula is C24H22N2O4. The van der Waals surface area contributed by atoms with Gasteiger partial charge in [-0.2, -0.15) is 0 Å². The molecule has 2 aromatic heterocycles. The van der Waals surface area contributed by atoms with Crippen molar-refractivity contribution < 1.29 is 14.6 Å². The topological polar surface area (TPSA) is 81.4 Å². The number of carboxylic acids is 1. The molecule has 6 heteroatoms. The van der Waals surface area contributed by atoms with Gasteiger partial charge in [-0.1, -0.05) is 13.8 Å². The number of rotatable bonds is 3. The van der Waals surface area contributed by atoms with Crippen LogP contribution in [0.1, 0.15) is 41.4 Å². The Morgan fingerprint density at radius 2 is 2.03 bits per heavy atom. The molecular weight excluding hydrogens is 380 g/mol. The summed E-state index contributed by atoms with van der Waals surface area (Å²) < 4.78 is 8.02. The monoisotopic (exact) mass is 402 g/mol. The molecule has 0 radical (unpaired) electrons. The van der Waals surface area contributed by atoms with Crippen LogP contribution < -0.4 is 10.2 Å². The average molecular weight is 402 g/mol. The third-order valence-electron chi connectivity index (χ3n) is 6.17. The zero-order chi connectivity index (χ0) is 21.0. The minimum Gasteiger partial charge on any atom is -0.492 e. The van der Waals surface area contributed by atoms with E-state index in [4.69, 9.17) is 4.74 Å². The first kappa shape index (κ1) is 18.6. The fourth-order valence-electron chi connectivity index (χ4n) is 4.73. The molecule has 30 heavy (non-hydrogen) atoms. The molecule has 0 saturated heterocycles. The SMILES string of the molecule is CC(C)C1Cc2cc(-c3ccncc3)c3c(c2-c2cc(=O)c(C(=O)O)cn21)CCO3. The number of fused-ring (bicyclic) bond motifs is 5. The van der Waals surface area contributed by atoms with E-state index in [-0.39, 0.29) is 17.5 Å². The van der Waals surface area contributed by atoms with Gasteiger partial charge in [0.15, 0.2) is 5.43 Å². The lowest BCUT2D eigenvalue weighted by molar-refractivity contribution is 0.0694. The molecule has 0 aliphatic carbocycles. The van der Waals surface area contributed by atoms with Crippen molar-refractivity contribution in [2.45, 2.75) is 32.7 Å². The second-order valence-corrected chi connectivity index (χ2v) is 8.26. The van der Waals surface area contributed by atoms with Crippen LogP contribution in [0.25, 0.3) is 22.4 Å². The maximum Gasteiger partial charge on any atom is 0.341 e. The van der Waals surface area contributed by atoms with Crippen LogP contribution in [0.4, 0.5) is 0 Å². The summed E-state index contributed by atoms with van der Waals surface area (Å²) >= 11 is 0. The number of nitrogens with zero attached hydrogens (tertiary/aromatic N) is 2. The van der Waals surface area contributed by atoms with Crippen molar-refractivity contribution in [1.29, 1.82) is 0 Å². The number of hydrogen-bond donors (Lipinski definition) is 1. The van der Waals surface area contributed by atoms with Gasteiger partial charge in [0.1, 0.15) is 11.3 Å². The number of aromatic carboxylic acids is 1. The van der Waals surface area contributed by atoms with E-state index in [0.717, 1.165) is 46.5 Å². The van der Waals surface area contributed by atoms with Crippen molar-refractivity contribution in [2.24, 2.45) is 5.92 Å². The maximum absolute atomic E-state index is 12.6. The van der Waals surface area contributed by atoms with Crippen molar-refractivity contribution in [2.75, 3.05) is 6.61 Å². The van der Waals surface area contributed by atoms with Gasteiger partial charge in [0, 0.05) is 53.8 Å². The second-order valence-electron chi connectivity index (χ2n) is 8.26. The molecule has 0 spiro atoms. The van der Waals surface area contributed by atoms with E-state index in [1.165, 1.54) is 17.8 Å². The van der Waals surface area contributed by atoms with Gasteiger partial charge in [0.2, 0.25) is 0 Å². The van der Waals surface area contributed by atoms with E-state index in [1.54, 1.807) is 12.4 Å². The summed E-state index contributed by atoms with van der Waals surface area (Å²) in [6.45, 7) is 4.84. The Hall–Kier alpha value is -3.41. The van der Waals surface area contributed by atoms with E-state index in [0.29, 0.717) is 6.61 Å². The third kappa shape index (κ3) is 2.75. The second kappa shape index (κ2) is 6.83. The lowest BCUT2D eigenvalue weighted by atomic mass is 9.82. The quantitative estimate of drug-likeness (QED) is 0.717. The van der Waals surface area contributed by atoms with Crippen molar-refractivity contribution in [3.8, 4) is 28.1 Å². The smallest absolute Gasteiger partial charge is 0.341 e. The largest absolute Gasteiger partial charge is 0.492 e. The van der Waals surface area contributed by atoms with Gasteiger partial charge in [0.25, 0.3) is 0 Å². The molecule has 1 atom stereocenters. The van der Waals surface area contributed by atoms with Crippen molar-refractivity contribution in [1.82, 2.24) is 9.55 Å². The normalized spacial score (nSPS) is 16.6. The van der Waals surface area contributed by atoms with Gasteiger partial charge in [-0.15, -0.1) is 0 Å². The molecule has 1 aromatic carbocycles. The lowest BCUT2D eigenvalue weighted by Gasteiger charge is -2.34. The van der Waals surface area contributed by atoms with Gasteiger partial charge in [-0.3, -0.25) is 9.78 Å². The molecule has 3 aromatic rings. The van der Waals surface area contributed by atoms with Gasteiger partial charge in [-0.05, 0) is 41.7 Å². The minimum absolute atomic E-state index is 0.0665. The predicted molar refractivity (Wildman–Crippen MR) is 113 cm³/mol. The average Bonchev–Trinajstić information content (AvgIpc) is 3.22. The number of carboxylic acid groups (broad SMARTS) is 1. The number of carbonyl (C=O) groups is 1. The van der Waals surface area contributed by atoms with Gasteiger partial charge >= 0.3 is 5.97 Å². The van der Waals surface area contributed by atoms with Crippen LogP contribution in [0.2, 0.25) is 0 Å². The van der Waals surface area contributed by atoms with Gasteiger partial charge < -0.3 is 14.4 Å². The van der Waals surface area contributed by atoms with E-state index >= 15 is 0 Å². The first-order valence-corrected chi connectivity index (χ1v) is 10.2. The Bertz CT molecular complexity index is 1230. The standard InChI is InChI=1S/C24H22N2O4/c1-13(2)19-10-15-9-17(14-3-6-25-7-4-14)23-16(5-8-30-23)22(15)20-11-21(27)18(24(28)29)12-26(19)20/h3-4,6-7,9,11-13,19H,5,8,10H2,1-2H3,(H,28,29). The van der Waals surface area contributed by atoms with Gasteiger partial charge in [0.05, 0.1) is 12.3 Å². The summed E-state index contributed by atoms with van der Waals surface area (Å²) in [5.41, 5.74) is 5.52. The molecule has 4 heterocycles. The molecule has 0 fully saturated rings. The van der Waals surface area contributed by atoms with Crippen LogP contribution >= 0.6 is 0 Å². The summed E-state index contributed by atoms with van der Waals surface area (Å²) in [6, 6.07) is 7.68. The maximum atomic E-state index is 12.6. The van der Waals surface area contributed by atoms with Crippen LogP contribution in [0, 0.1) is 5.92 Å². The zero-order valence-corrected chi connectivity index (χ0v) is 16.9. The molecule has 2 aliphatic rings. The van der Waals surface area contributed by atoms with Crippen molar-refractivity contribution >= 4 is 5.97 Å². The van der Waals surface area contributed by atoms with Gasteiger partial charge in [-0.25, -0.2) is 4.79 Å². The molecule has 5 rings (SSSR count). The van der Waals surface area contributed by atoms with Crippen molar-refractivity contribution in [3.63, 3.8) is 0 Å². The molecule has 2 aliphatic heterocycles. The Morgan fingerprint density at radius 1 is 1.27 bits per heavy atom. The highest BCUT2D eigenvalue weighted by molar-refractivity contribution is 5.89. The summed E-state index contributed by atoms with van der Waals surface area (Å²) in [4.78, 5) is 28.3. The lowest BCUT2D eigenvalue weighted by Crippen LogP contribution is -2.28. The third-order valence-corrected chi connectivity index (χ3v) is 6.17. The Balaban J connectivity index is 1.81. The van der Waals surface area contributed by atoms with E-state index in [1.807, 2.05) is 16.7 Å². The molecule has 0 saturated carbocycles. The summed E-state index contributed by atoms with van der Waals surface area (Å²) in [5.74, 6) is -0.0654. The summed E-state index contributed by atoms with van der Waals surface area (Å²) in [6.07, 6.45) is 6.60. The Kier molecular flexibility index (Phi) is 4.24. The van der Waals surface area contributed by atoms with Crippen LogP contribution in [-0.4, -0.2) is 27.2 Å². The molecule has 1 N–H and O–H groups in total. The van der Waals surface area contributed by atoms with Crippen LogP contribution in [-0.2, 0) is 12.8 Å². The molecule has 1 unspecified atom stereocenters. The van der Waals surface area contributed by atoms with Crippen LogP contribution in [0.3, 0.4) is 0 Å². The van der Waals surface area contributed by atoms with E-state index in [2.05, 4.69) is 24.9 Å². The van der Waals surface area contributed by atoms with Crippen LogP contribution in [0.5, 0.6) is 5.75 Å². The first-order valence-electron chi connectivity index (χ1n) is 10.2. The van der Waals surface area contributed by atoms with E-state index in [9.17, 15) is 14.7 Å². The fourth-order valence-corrected chi connectivity index (χ4v) is 4.73. The Labute approximate surface area is 173 Å². The number of pyridine rings is 2. The zero-order valence-electron chi connectivity index (χ0n) is 16.9. The summed E-state index contributed by atoms with van der Waals surface area (Å²) in [5, 5.41) is 9.47. The first-order chi connectivity index (χ1) is 14.5. The number of ether oxygens (including phenoxy) is 1. The molecule has 0 amide bonds. The highest BCUT2D eigenvalue weighted by Crippen LogP contribution is 2.48.